The number of nitrogens with two attached hydrogens (primary N) is 1. The molecule has 0 atom stereocenters. The molecule has 14 heteroatoms. The maximum absolute atomic E-state index is 14.3. The first-order chi connectivity index (χ1) is 15.6. The van der Waals surface area contributed by atoms with Crippen LogP contribution in [0.25, 0.3) is 0 Å². The predicted octanol–water partition coefficient (Wildman–Crippen LogP) is 1.69. The van der Waals surface area contributed by atoms with Gasteiger partial charge in [0.05, 0.1) is 11.1 Å². The average molecular weight is 496 g/mol. The highest BCUT2D eigenvalue weighted by atomic mass is 32.2. The molecule has 0 saturated carbocycles. The molecule has 0 fully saturated rings. The van der Waals surface area contributed by atoms with Gasteiger partial charge in [-0.1, -0.05) is 19.1 Å². The van der Waals surface area contributed by atoms with Gasteiger partial charge >= 0.3 is 0 Å². The van der Waals surface area contributed by atoms with Gasteiger partial charge in [-0.3, -0.25) is 0 Å². The van der Waals surface area contributed by atoms with Crippen molar-refractivity contribution in [2.75, 3.05) is 17.2 Å². The van der Waals surface area contributed by atoms with Crippen molar-refractivity contribution in [2.24, 2.45) is 5.14 Å². The Bertz CT molecular complexity index is 1330. The molecular formula is C19H22FN7O4S2. The van der Waals surface area contributed by atoms with Crippen molar-refractivity contribution in [2.45, 2.75) is 18.4 Å². The van der Waals surface area contributed by atoms with Gasteiger partial charge in [0.15, 0.2) is 11.6 Å². The van der Waals surface area contributed by atoms with Crippen molar-refractivity contribution in [1.29, 1.82) is 0 Å². The van der Waals surface area contributed by atoms with Crippen molar-refractivity contribution < 1.29 is 21.2 Å². The molecule has 176 valence electrons. The lowest BCUT2D eigenvalue weighted by Gasteiger charge is -2.11. The third-order valence-corrected chi connectivity index (χ3v) is 6.30. The van der Waals surface area contributed by atoms with E-state index in [0.29, 0.717) is 16.9 Å². The van der Waals surface area contributed by atoms with Crippen LogP contribution in [0.2, 0.25) is 0 Å². The summed E-state index contributed by atoms with van der Waals surface area (Å²) in [6.45, 7) is 1.97. The number of halogens is 1. The minimum absolute atomic E-state index is 0.0401. The monoisotopic (exact) mass is 495 g/mol. The molecule has 11 nitrogen and oxygen atoms in total. The summed E-state index contributed by atoms with van der Waals surface area (Å²) in [5, 5.41) is 10.8. The van der Waals surface area contributed by atoms with Crippen LogP contribution in [-0.2, 0) is 26.8 Å². The lowest BCUT2D eigenvalue weighted by molar-refractivity contribution is 0.568. The van der Waals surface area contributed by atoms with Crippen LogP contribution >= 0.6 is 0 Å². The van der Waals surface area contributed by atoms with Gasteiger partial charge in [-0.25, -0.2) is 27.7 Å². The zero-order valence-corrected chi connectivity index (χ0v) is 19.0. The number of sulfonamides is 1. The summed E-state index contributed by atoms with van der Waals surface area (Å²) in [6, 6.07) is 12.3. The maximum Gasteiger partial charge on any atom is 0.277 e. The lowest BCUT2D eigenvalue weighted by atomic mass is 10.2. The van der Waals surface area contributed by atoms with Gasteiger partial charge in [0, 0.05) is 24.5 Å². The molecule has 1 aromatic heterocycles. The van der Waals surface area contributed by atoms with Crippen LogP contribution in [0.15, 0.2) is 59.6 Å². The highest BCUT2D eigenvalue weighted by Gasteiger charge is 2.11. The number of aromatic nitrogens is 2. The molecule has 0 aliphatic carbocycles. The largest absolute Gasteiger partial charge is 0.338 e. The maximum atomic E-state index is 14.3. The third kappa shape index (κ3) is 7.16. The first-order valence-electron chi connectivity index (χ1n) is 9.58. The molecule has 0 spiro atoms. The number of rotatable bonds is 10. The molecule has 0 unspecified atom stereocenters. The van der Waals surface area contributed by atoms with Crippen molar-refractivity contribution in [1.82, 2.24) is 19.4 Å². The zero-order chi connectivity index (χ0) is 24.1. The quantitative estimate of drug-likeness (QED) is 0.283. The van der Waals surface area contributed by atoms with Crippen LogP contribution in [0, 0.1) is 5.82 Å². The molecule has 0 amide bonds. The molecule has 33 heavy (non-hydrogen) atoms. The Kier molecular flexibility index (Phi) is 7.55. The van der Waals surface area contributed by atoms with Gasteiger partial charge < -0.3 is 10.6 Å². The topological polar surface area (TPSA) is 168 Å². The molecule has 0 saturated heterocycles. The Morgan fingerprint density at radius 2 is 1.70 bits per heavy atom. The van der Waals surface area contributed by atoms with Crippen molar-refractivity contribution in [3.05, 3.63) is 66.1 Å². The van der Waals surface area contributed by atoms with E-state index in [2.05, 4.69) is 30.0 Å². The first-order valence-corrected chi connectivity index (χ1v) is 12.6. The van der Waals surface area contributed by atoms with E-state index in [1.807, 2.05) is 0 Å². The summed E-state index contributed by atoms with van der Waals surface area (Å²) in [7, 11) is -7.42. The normalized spacial score (nSPS) is 11.8. The first kappa shape index (κ1) is 24.5. The minimum Gasteiger partial charge on any atom is -0.338 e. The summed E-state index contributed by atoms with van der Waals surface area (Å²) < 4.78 is 65.2. The summed E-state index contributed by atoms with van der Waals surface area (Å²) in [4.78, 5) is 7.92. The molecule has 0 radical (unpaired) electrons. The molecular weight excluding hydrogens is 473 g/mol. The van der Waals surface area contributed by atoms with E-state index >= 15 is 0 Å². The van der Waals surface area contributed by atoms with Crippen molar-refractivity contribution in [3.63, 3.8) is 0 Å². The van der Waals surface area contributed by atoms with Crippen LogP contribution in [0.5, 0.6) is 0 Å². The van der Waals surface area contributed by atoms with Gasteiger partial charge in [-0.05, 0) is 42.0 Å². The highest BCUT2D eigenvalue weighted by Crippen LogP contribution is 2.22. The number of anilines is 4. The number of benzene rings is 2. The smallest absolute Gasteiger partial charge is 0.277 e. The van der Waals surface area contributed by atoms with Gasteiger partial charge in [0.1, 0.15) is 0 Å². The molecule has 6 N–H and O–H groups in total. The van der Waals surface area contributed by atoms with E-state index < -0.39 is 26.0 Å². The van der Waals surface area contributed by atoms with Crippen LogP contribution in [0.4, 0.5) is 27.5 Å². The predicted molar refractivity (Wildman–Crippen MR) is 122 cm³/mol. The lowest BCUT2D eigenvalue weighted by Crippen LogP contribution is -2.35. The molecule has 0 aliphatic heterocycles. The van der Waals surface area contributed by atoms with Crippen molar-refractivity contribution in [3.8, 4) is 0 Å². The van der Waals surface area contributed by atoms with Crippen LogP contribution in [0.1, 0.15) is 12.5 Å². The van der Waals surface area contributed by atoms with E-state index in [9.17, 15) is 21.2 Å². The Morgan fingerprint density at radius 3 is 2.36 bits per heavy atom. The number of nitrogens with zero attached hydrogens (tertiary/aromatic N) is 2. The Morgan fingerprint density at radius 1 is 0.970 bits per heavy atom. The number of nitrogens with one attached hydrogen (secondary N) is 4. The summed E-state index contributed by atoms with van der Waals surface area (Å²) in [6.07, 6.45) is 0.977. The SMILES string of the molecule is CCNS(=O)(=O)NCc1cccc(Nc2nc(Nc3ccc(S(N)(=O)=O)cc3)ncc2F)c1. The second kappa shape index (κ2) is 10.2. The highest BCUT2D eigenvalue weighted by molar-refractivity contribution is 7.89. The fraction of sp³-hybridized carbons (Fsp3) is 0.158. The van der Waals surface area contributed by atoms with Gasteiger partial charge in [0.25, 0.3) is 10.2 Å². The zero-order valence-electron chi connectivity index (χ0n) is 17.4. The molecule has 0 aliphatic rings. The minimum atomic E-state index is -3.82. The molecule has 0 bridgehead atoms. The molecule has 1 heterocycles. The summed E-state index contributed by atoms with van der Waals surface area (Å²) in [5.74, 6) is -0.751. The standard InChI is InChI=1S/C19H22FN7O4S2/c1-2-23-33(30,31)24-11-13-4-3-5-15(10-13)25-18-17(20)12-22-19(27-18)26-14-6-8-16(9-7-14)32(21,28)29/h3-10,12,23-24H,2,11H2,1H3,(H2,21,28,29)(H2,22,25,26,27). The fourth-order valence-electron chi connectivity index (χ4n) is 2.69. The van der Waals surface area contributed by atoms with E-state index in [1.54, 1.807) is 31.2 Å². The van der Waals surface area contributed by atoms with Crippen LogP contribution in [0.3, 0.4) is 0 Å². The Hall–Kier alpha value is -3.17. The Balaban J connectivity index is 1.72. The molecule has 3 aromatic rings. The second-order valence-corrected chi connectivity index (χ2v) is 9.88. The number of hydrogen-bond donors (Lipinski definition) is 5. The number of hydrogen-bond acceptors (Lipinski definition) is 8. The molecule has 3 rings (SSSR count). The summed E-state index contributed by atoms with van der Waals surface area (Å²) in [5.41, 5.74) is 1.59. The van der Waals surface area contributed by atoms with Gasteiger partial charge in [-0.15, -0.1) is 0 Å². The number of primary sulfonamides is 1. The second-order valence-electron chi connectivity index (χ2n) is 6.73. The van der Waals surface area contributed by atoms with Crippen molar-refractivity contribution >= 4 is 43.4 Å². The van der Waals surface area contributed by atoms with Crippen LogP contribution < -0.4 is 25.2 Å². The van der Waals surface area contributed by atoms with Crippen LogP contribution in [-0.4, -0.2) is 33.3 Å². The third-order valence-electron chi connectivity index (χ3n) is 4.17. The average Bonchev–Trinajstić information content (AvgIpc) is 2.75. The fourth-order valence-corrected chi connectivity index (χ4v) is 4.04. The van der Waals surface area contributed by atoms with E-state index in [4.69, 9.17) is 5.14 Å². The van der Waals surface area contributed by atoms with Gasteiger partial charge in [0.2, 0.25) is 16.0 Å². The van der Waals surface area contributed by atoms with Gasteiger partial charge in [-0.2, -0.15) is 18.1 Å². The molecule has 2 aromatic carbocycles. The van der Waals surface area contributed by atoms with E-state index in [0.717, 1.165) is 6.20 Å². The Labute approximate surface area is 190 Å². The van der Waals surface area contributed by atoms with E-state index in [-0.39, 0.29) is 29.8 Å². The van der Waals surface area contributed by atoms with E-state index in [1.165, 1.54) is 24.3 Å². The summed E-state index contributed by atoms with van der Waals surface area (Å²) >= 11 is 0.